The summed E-state index contributed by atoms with van der Waals surface area (Å²) in [7, 11) is 2.10. The molecule has 0 bridgehead atoms. The van der Waals surface area contributed by atoms with Gasteiger partial charge in [-0.3, -0.25) is 9.69 Å². The Labute approximate surface area is 188 Å². The molecule has 0 amide bonds. The molecular weight excluding hydrogens is 406 g/mol. The minimum absolute atomic E-state index is 0.0638. The second-order valence-electron chi connectivity index (χ2n) is 9.44. The predicted octanol–water partition coefficient (Wildman–Crippen LogP) is 3.58. The van der Waals surface area contributed by atoms with Gasteiger partial charge in [0.2, 0.25) is 5.88 Å². The van der Waals surface area contributed by atoms with E-state index in [9.17, 15) is 10.1 Å². The number of hydrogen-bond donors (Lipinski definition) is 0. The van der Waals surface area contributed by atoms with Crippen molar-refractivity contribution in [2.75, 3.05) is 13.6 Å². The van der Waals surface area contributed by atoms with Crippen LogP contribution in [0.3, 0.4) is 0 Å². The number of ether oxygens (including phenoxy) is 1. The molecule has 5 rings (SSSR count). The minimum atomic E-state index is -0.551. The fourth-order valence-corrected chi connectivity index (χ4v) is 5.82. The zero-order chi connectivity index (χ0) is 22.3. The van der Waals surface area contributed by atoms with E-state index in [-0.39, 0.29) is 17.6 Å². The van der Waals surface area contributed by atoms with Crippen molar-refractivity contribution in [3.05, 3.63) is 23.1 Å². The molecule has 2 aliphatic carbocycles. The Morgan fingerprint density at radius 3 is 2.84 bits per heavy atom. The van der Waals surface area contributed by atoms with Gasteiger partial charge in [-0.15, -0.1) is 0 Å². The lowest BCUT2D eigenvalue weighted by Gasteiger charge is -2.36. The molecule has 0 radical (unpaired) electrons. The van der Waals surface area contributed by atoms with Crippen LogP contribution in [-0.4, -0.2) is 51.5 Å². The van der Waals surface area contributed by atoms with Crippen molar-refractivity contribution in [1.82, 2.24) is 20.0 Å². The summed E-state index contributed by atoms with van der Waals surface area (Å²) in [5.74, 6) is 1.65. The van der Waals surface area contributed by atoms with Gasteiger partial charge in [0.25, 0.3) is 0 Å². The smallest absolute Gasteiger partial charge is 0.218 e. The molecule has 2 aromatic heterocycles. The van der Waals surface area contributed by atoms with Crippen LogP contribution in [0.25, 0.3) is 11.5 Å². The number of carbonyl (C=O) groups is 1. The molecule has 3 aliphatic rings. The predicted molar refractivity (Wildman–Crippen MR) is 116 cm³/mol. The first-order valence-electron chi connectivity index (χ1n) is 11.7. The third kappa shape index (κ3) is 3.49. The lowest BCUT2D eigenvalue weighted by atomic mass is 9.64. The summed E-state index contributed by atoms with van der Waals surface area (Å²) in [6, 6.07) is 4.00. The normalized spacial score (nSPS) is 26.7. The molecule has 3 heterocycles. The molecule has 2 aromatic rings. The highest BCUT2D eigenvalue weighted by Gasteiger charge is 2.48. The number of ketones is 1. The van der Waals surface area contributed by atoms with Crippen LogP contribution >= 0.6 is 0 Å². The number of nitrogens with zero attached hydrogens (tertiary/aromatic N) is 5. The molecule has 2 fully saturated rings. The van der Waals surface area contributed by atoms with Gasteiger partial charge in [-0.2, -0.15) is 10.2 Å². The van der Waals surface area contributed by atoms with E-state index in [1.54, 1.807) is 6.07 Å². The van der Waals surface area contributed by atoms with Gasteiger partial charge in [0, 0.05) is 24.1 Å². The van der Waals surface area contributed by atoms with E-state index in [0.29, 0.717) is 35.6 Å². The van der Waals surface area contributed by atoms with Crippen LogP contribution in [0, 0.1) is 11.3 Å². The zero-order valence-corrected chi connectivity index (χ0v) is 18.8. The van der Waals surface area contributed by atoms with Crippen LogP contribution in [0.2, 0.25) is 0 Å². The molecular formula is C24H29N5O3. The highest BCUT2D eigenvalue weighted by atomic mass is 16.5. The number of hydrogen-bond acceptors (Lipinski definition) is 8. The maximum atomic E-state index is 12.9. The number of rotatable bonds is 4. The monoisotopic (exact) mass is 435 g/mol. The Hall–Kier alpha value is -2.79. The van der Waals surface area contributed by atoms with E-state index in [1.165, 1.54) is 0 Å². The first kappa shape index (κ1) is 21.1. The summed E-state index contributed by atoms with van der Waals surface area (Å²) >= 11 is 0. The molecule has 8 heteroatoms. The largest absolute Gasteiger partial charge is 0.473 e. The van der Waals surface area contributed by atoms with Gasteiger partial charge < -0.3 is 9.26 Å². The fourth-order valence-electron chi connectivity index (χ4n) is 5.82. The van der Waals surface area contributed by atoms with Crippen LogP contribution in [-0.2, 0) is 16.6 Å². The van der Waals surface area contributed by atoms with Crippen molar-refractivity contribution in [3.8, 4) is 23.5 Å². The van der Waals surface area contributed by atoms with Crippen LogP contribution in [0.5, 0.6) is 5.88 Å². The number of likely N-dealkylation sites (N-methyl/N-ethyl adjacent to an activating group) is 1. The third-order valence-electron chi connectivity index (χ3n) is 7.50. The third-order valence-corrected chi connectivity index (χ3v) is 7.50. The molecule has 1 aliphatic heterocycles. The molecule has 1 saturated carbocycles. The van der Waals surface area contributed by atoms with Crippen LogP contribution in [0.1, 0.15) is 75.3 Å². The molecule has 168 valence electrons. The number of fused-ring (bicyclic) bond motifs is 2. The van der Waals surface area contributed by atoms with E-state index in [1.807, 2.05) is 6.92 Å². The molecule has 1 spiro atoms. The summed E-state index contributed by atoms with van der Waals surface area (Å²) in [6.07, 6.45) is 8.02. The van der Waals surface area contributed by atoms with Gasteiger partial charge in [0.1, 0.15) is 23.7 Å². The van der Waals surface area contributed by atoms with Gasteiger partial charge in [0.05, 0.1) is 5.41 Å². The van der Waals surface area contributed by atoms with E-state index in [2.05, 4.69) is 33.1 Å². The first-order valence-corrected chi connectivity index (χ1v) is 11.7. The maximum absolute atomic E-state index is 12.9. The van der Waals surface area contributed by atoms with Crippen LogP contribution < -0.4 is 4.74 Å². The van der Waals surface area contributed by atoms with E-state index < -0.39 is 5.41 Å². The number of nitriles is 1. The first-order chi connectivity index (χ1) is 15.5. The van der Waals surface area contributed by atoms with E-state index >= 15 is 0 Å². The zero-order valence-electron chi connectivity index (χ0n) is 18.8. The molecule has 0 N–H and O–H groups in total. The second-order valence-corrected chi connectivity index (χ2v) is 9.44. The quantitative estimate of drug-likeness (QED) is 0.717. The van der Waals surface area contributed by atoms with Gasteiger partial charge in [0.15, 0.2) is 17.3 Å². The van der Waals surface area contributed by atoms with Crippen LogP contribution in [0.15, 0.2) is 10.6 Å². The summed E-state index contributed by atoms with van der Waals surface area (Å²) < 4.78 is 12.0. The average Bonchev–Trinajstić information content (AvgIpc) is 3.42. The number of Topliss-reactive ketones (excluding diaryl/α,β-unsaturated/α-hetero) is 1. The Morgan fingerprint density at radius 1 is 1.25 bits per heavy atom. The van der Waals surface area contributed by atoms with Gasteiger partial charge in [-0.05, 0) is 65.5 Å². The van der Waals surface area contributed by atoms with Gasteiger partial charge in [-0.25, -0.2) is 4.98 Å². The van der Waals surface area contributed by atoms with Crippen molar-refractivity contribution >= 4 is 5.78 Å². The summed E-state index contributed by atoms with van der Waals surface area (Å²) in [5, 5.41) is 13.9. The summed E-state index contributed by atoms with van der Waals surface area (Å²) in [4.78, 5) is 24.2. The van der Waals surface area contributed by atoms with Crippen molar-refractivity contribution in [2.24, 2.45) is 0 Å². The lowest BCUT2D eigenvalue weighted by molar-refractivity contribution is -0.128. The number of aromatic nitrogens is 3. The Morgan fingerprint density at radius 2 is 2.09 bits per heavy atom. The fraction of sp³-hybridized carbons (Fsp3) is 0.625. The topological polar surface area (TPSA) is 105 Å². The van der Waals surface area contributed by atoms with Gasteiger partial charge >= 0.3 is 0 Å². The second kappa shape index (κ2) is 8.28. The average molecular weight is 436 g/mol. The lowest BCUT2D eigenvalue weighted by Crippen LogP contribution is -2.41. The highest BCUT2D eigenvalue weighted by Crippen LogP contribution is 2.47. The highest BCUT2D eigenvalue weighted by molar-refractivity contribution is 5.91. The van der Waals surface area contributed by atoms with Gasteiger partial charge in [-0.1, -0.05) is 11.6 Å². The summed E-state index contributed by atoms with van der Waals surface area (Å²) in [6.45, 7) is 3.10. The SMILES string of the molecule is C[C@H](Oc1cc(C#N)nc(-c2noc3c2CCC[C@@]32CCCCC2=O)n1)[C@@H]1CCCN1C. The Kier molecular flexibility index (Phi) is 5.46. The molecule has 0 unspecified atom stereocenters. The molecule has 32 heavy (non-hydrogen) atoms. The molecule has 8 nitrogen and oxygen atoms in total. The Bertz CT molecular complexity index is 1070. The number of likely N-dealkylation sites (tertiary alicyclic amines) is 1. The standard InChI is InChI=1S/C24H29N5O3/c1-15(18-8-6-12-29(18)2)31-20-13-16(14-25)26-23(27-20)21-17-7-5-11-24(22(17)32-28-21)10-4-3-9-19(24)30/h13,15,18H,3-12H2,1-2H3/t15-,18-,24+/m0/s1. The van der Waals surface area contributed by atoms with Crippen molar-refractivity contribution in [1.29, 1.82) is 5.26 Å². The minimum Gasteiger partial charge on any atom is -0.473 e. The van der Waals surface area contributed by atoms with Crippen molar-refractivity contribution in [2.45, 2.75) is 82.3 Å². The van der Waals surface area contributed by atoms with E-state index in [0.717, 1.165) is 63.5 Å². The Balaban J connectivity index is 1.49. The molecule has 0 aromatic carbocycles. The summed E-state index contributed by atoms with van der Waals surface area (Å²) in [5.41, 5.74) is 1.12. The molecule has 3 atom stereocenters. The van der Waals surface area contributed by atoms with E-state index in [4.69, 9.17) is 9.26 Å². The van der Waals surface area contributed by atoms with Crippen molar-refractivity contribution in [3.63, 3.8) is 0 Å². The molecule has 1 saturated heterocycles. The van der Waals surface area contributed by atoms with Crippen LogP contribution in [0.4, 0.5) is 0 Å². The maximum Gasteiger partial charge on any atom is 0.218 e. The van der Waals surface area contributed by atoms with Crippen molar-refractivity contribution < 1.29 is 14.1 Å². The number of carbonyl (C=O) groups excluding carboxylic acids is 1.